The minimum Gasteiger partial charge on any atom is -0.497 e. The second-order valence-corrected chi connectivity index (χ2v) is 7.48. The van der Waals surface area contributed by atoms with Gasteiger partial charge in [-0.1, -0.05) is 12.1 Å². The molecule has 0 bridgehead atoms. The number of nitrogens with one attached hydrogen (secondary N) is 1. The van der Waals surface area contributed by atoms with Crippen LogP contribution in [0.2, 0.25) is 0 Å². The summed E-state index contributed by atoms with van der Waals surface area (Å²) in [5, 5.41) is 11.3. The summed E-state index contributed by atoms with van der Waals surface area (Å²) in [6.45, 7) is 0.313. The van der Waals surface area contributed by atoms with Gasteiger partial charge in [-0.2, -0.15) is 0 Å². The average Bonchev–Trinajstić information content (AvgIpc) is 2.92. The largest absolute Gasteiger partial charge is 0.497 e. The lowest BCUT2D eigenvalue weighted by atomic mass is 10.1. The molecule has 0 aliphatic rings. The first-order valence-corrected chi connectivity index (χ1v) is 10.8. The molecule has 8 heteroatoms. The molecule has 0 aliphatic carbocycles. The van der Waals surface area contributed by atoms with E-state index >= 15 is 0 Å². The fourth-order valence-electron chi connectivity index (χ4n) is 3.39. The van der Waals surface area contributed by atoms with E-state index in [1.807, 2.05) is 24.3 Å². The van der Waals surface area contributed by atoms with E-state index in [-0.39, 0.29) is 5.91 Å². The van der Waals surface area contributed by atoms with Crippen molar-refractivity contribution < 1.29 is 23.7 Å². The maximum atomic E-state index is 12.8. The van der Waals surface area contributed by atoms with Crippen LogP contribution in [0.15, 0.2) is 78.9 Å². The van der Waals surface area contributed by atoms with Crippen LogP contribution in [0.5, 0.6) is 28.9 Å². The minimum atomic E-state index is -0.211. The van der Waals surface area contributed by atoms with Crippen molar-refractivity contribution in [1.29, 1.82) is 0 Å². The van der Waals surface area contributed by atoms with Crippen molar-refractivity contribution >= 4 is 5.91 Å². The van der Waals surface area contributed by atoms with Gasteiger partial charge in [-0.25, -0.2) is 0 Å². The smallest absolute Gasteiger partial charge is 0.251 e. The monoisotopic (exact) mass is 471 g/mol. The highest BCUT2D eigenvalue weighted by atomic mass is 16.5. The Kier molecular flexibility index (Phi) is 7.42. The minimum absolute atomic E-state index is 0.211. The Morgan fingerprint density at radius 1 is 0.771 bits per heavy atom. The number of ether oxygens (including phenoxy) is 4. The van der Waals surface area contributed by atoms with Crippen molar-refractivity contribution in [1.82, 2.24) is 15.5 Å². The number of carbonyl (C=O) groups excluding carboxylic acids is 1. The molecule has 1 amide bonds. The molecule has 0 saturated carbocycles. The van der Waals surface area contributed by atoms with Crippen LogP contribution >= 0.6 is 0 Å². The molecule has 0 atom stereocenters. The number of carbonyl (C=O) groups is 1. The van der Waals surface area contributed by atoms with E-state index in [2.05, 4.69) is 15.5 Å². The predicted molar refractivity (Wildman–Crippen MR) is 131 cm³/mol. The summed E-state index contributed by atoms with van der Waals surface area (Å²) < 4.78 is 21.5. The third-order valence-corrected chi connectivity index (χ3v) is 5.28. The molecule has 0 unspecified atom stereocenters. The number of hydrogen-bond donors (Lipinski definition) is 1. The summed E-state index contributed by atoms with van der Waals surface area (Å²) in [5.41, 5.74) is 2.74. The molecule has 4 aromatic rings. The Labute approximate surface area is 203 Å². The SMILES string of the molecule is COc1ccc(Oc2ccc(-c3cccc(C(=O)NCc4ccc(OC)cc4OC)c3)nn2)cc1. The van der Waals surface area contributed by atoms with Gasteiger partial charge in [0.15, 0.2) is 0 Å². The first-order valence-electron chi connectivity index (χ1n) is 10.8. The first-order chi connectivity index (χ1) is 17.1. The Morgan fingerprint density at radius 3 is 2.20 bits per heavy atom. The molecule has 4 rings (SSSR count). The molecule has 0 radical (unpaired) electrons. The van der Waals surface area contributed by atoms with E-state index in [1.165, 1.54) is 0 Å². The molecule has 1 heterocycles. The van der Waals surface area contributed by atoms with Gasteiger partial charge in [0, 0.05) is 35.4 Å². The molecule has 0 spiro atoms. The fraction of sp³-hybridized carbons (Fsp3) is 0.148. The second-order valence-electron chi connectivity index (χ2n) is 7.48. The van der Waals surface area contributed by atoms with Gasteiger partial charge in [-0.15, -0.1) is 10.2 Å². The lowest BCUT2D eigenvalue weighted by molar-refractivity contribution is 0.0950. The number of benzene rings is 3. The molecule has 1 aromatic heterocycles. The van der Waals surface area contributed by atoms with Crippen molar-refractivity contribution in [3.8, 4) is 40.1 Å². The van der Waals surface area contributed by atoms with E-state index < -0.39 is 0 Å². The summed E-state index contributed by atoms with van der Waals surface area (Å²) in [5.74, 6) is 2.85. The van der Waals surface area contributed by atoms with Gasteiger partial charge >= 0.3 is 0 Å². The third-order valence-electron chi connectivity index (χ3n) is 5.28. The van der Waals surface area contributed by atoms with Gasteiger partial charge in [-0.3, -0.25) is 4.79 Å². The van der Waals surface area contributed by atoms with Crippen LogP contribution in [-0.2, 0) is 6.54 Å². The lowest BCUT2D eigenvalue weighted by Gasteiger charge is -2.12. The van der Waals surface area contributed by atoms with E-state index in [0.717, 1.165) is 16.9 Å². The molecule has 0 aliphatic heterocycles. The quantitative estimate of drug-likeness (QED) is 0.372. The molecular weight excluding hydrogens is 446 g/mol. The van der Waals surface area contributed by atoms with Crippen molar-refractivity contribution in [3.63, 3.8) is 0 Å². The van der Waals surface area contributed by atoms with Crippen LogP contribution in [0, 0.1) is 0 Å². The molecule has 35 heavy (non-hydrogen) atoms. The van der Waals surface area contributed by atoms with Crippen LogP contribution in [0.25, 0.3) is 11.3 Å². The zero-order chi connectivity index (χ0) is 24.6. The van der Waals surface area contributed by atoms with Crippen LogP contribution in [0.1, 0.15) is 15.9 Å². The van der Waals surface area contributed by atoms with Crippen molar-refractivity contribution in [3.05, 3.63) is 90.0 Å². The first kappa shape index (κ1) is 23.6. The molecule has 8 nitrogen and oxygen atoms in total. The molecule has 0 saturated heterocycles. The maximum Gasteiger partial charge on any atom is 0.251 e. The molecule has 0 fully saturated rings. The highest BCUT2D eigenvalue weighted by Gasteiger charge is 2.11. The van der Waals surface area contributed by atoms with Crippen LogP contribution < -0.4 is 24.3 Å². The maximum absolute atomic E-state index is 12.8. The van der Waals surface area contributed by atoms with Gasteiger partial charge < -0.3 is 24.3 Å². The zero-order valence-electron chi connectivity index (χ0n) is 19.6. The number of amides is 1. The zero-order valence-corrected chi connectivity index (χ0v) is 19.6. The Balaban J connectivity index is 1.42. The molecule has 1 N–H and O–H groups in total. The molecule has 178 valence electrons. The normalized spacial score (nSPS) is 10.4. The fourth-order valence-corrected chi connectivity index (χ4v) is 3.39. The molecular formula is C27H25N3O5. The number of hydrogen-bond acceptors (Lipinski definition) is 7. The third kappa shape index (κ3) is 5.86. The lowest BCUT2D eigenvalue weighted by Crippen LogP contribution is -2.23. The van der Waals surface area contributed by atoms with Gasteiger partial charge in [0.05, 0.1) is 27.0 Å². The summed E-state index contributed by atoms with van der Waals surface area (Å²) in [4.78, 5) is 12.8. The van der Waals surface area contributed by atoms with Crippen molar-refractivity contribution in [2.75, 3.05) is 21.3 Å². The molecule has 3 aromatic carbocycles. The average molecular weight is 472 g/mol. The summed E-state index contributed by atoms with van der Waals surface area (Å²) in [6.07, 6.45) is 0. The highest BCUT2D eigenvalue weighted by molar-refractivity contribution is 5.95. The highest BCUT2D eigenvalue weighted by Crippen LogP contribution is 2.26. The second kappa shape index (κ2) is 11.0. The summed E-state index contributed by atoms with van der Waals surface area (Å²) in [6, 6.07) is 23.4. The standard InChI is InChI=1S/C27H25N3O5/c1-32-21-9-11-22(12-10-21)35-26-14-13-24(29-30-26)18-5-4-6-19(15-18)27(31)28-17-20-7-8-23(33-2)16-25(20)34-3/h4-16H,17H2,1-3H3,(H,28,31). The van der Waals surface area contributed by atoms with Crippen LogP contribution in [0.3, 0.4) is 0 Å². The van der Waals surface area contributed by atoms with Gasteiger partial charge in [-0.05, 0) is 54.6 Å². The van der Waals surface area contributed by atoms with Crippen LogP contribution in [-0.4, -0.2) is 37.4 Å². The van der Waals surface area contributed by atoms with Crippen LogP contribution in [0.4, 0.5) is 0 Å². The van der Waals surface area contributed by atoms with Crippen molar-refractivity contribution in [2.45, 2.75) is 6.54 Å². The van der Waals surface area contributed by atoms with Gasteiger partial charge in [0.25, 0.3) is 5.91 Å². The van der Waals surface area contributed by atoms with E-state index in [0.29, 0.717) is 40.9 Å². The van der Waals surface area contributed by atoms with Crippen molar-refractivity contribution in [2.24, 2.45) is 0 Å². The number of methoxy groups -OCH3 is 3. The summed E-state index contributed by atoms with van der Waals surface area (Å²) in [7, 11) is 4.78. The van der Waals surface area contributed by atoms with Gasteiger partial charge in [0.2, 0.25) is 5.88 Å². The topological polar surface area (TPSA) is 91.8 Å². The number of nitrogens with zero attached hydrogens (tertiary/aromatic N) is 2. The van der Waals surface area contributed by atoms with E-state index in [4.69, 9.17) is 18.9 Å². The van der Waals surface area contributed by atoms with E-state index in [9.17, 15) is 4.79 Å². The predicted octanol–water partition coefficient (Wildman–Crippen LogP) is 4.89. The number of rotatable bonds is 9. The Bertz CT molecular complexity index is 1290. The Hall–Kier alpha value is -4.59. The Morgan fingerprint density at radius 2 is 1.51 bits per heavy atom. The van der Waals surface area contributed by atoms with E-state index in [1.54, 1.807) is 75.9 Å². The summed E-state index contributed by atoms with van der Waals surface area (Å²) >= 11 is 0. The van der Waals surface area contributed by atoms with Gasteiger partial charge in [0.1, 0.15) is 23.0 Å². The number of aromatic nitrogens is 2.